The molecule has 0 atom stereocenters. The van der Waals surface area contributed by atoms with Crippen molar-refractivity contribution in [2.75, 3.05) is 25.5 Å². The van der Waals surface area contributed by atoms with E-state index in [-0.39, 0.29) is 11.8 Å². The number of rotatable bonds is 7. The summed E-state index contributed by atoms with van der Waals surface area (Å²) in [5.74, 6) is 2.98. The number of ether oxygens (including phenoxy) is 2. The molecule has 2 aromatic carbocycles. The van der Waals surface area contributed by atoms with Crippen LogP contribution in [-0.4, -0.2) is 37.0 Å². The van der Waals surface area contributed by atoms with Crippen LogP contribution in [0.15, 0.2) is 48.5 Å². The summed E-state index contributed by atoms with van der Waals surface area (Å²) in [5.41, 5.74) is 4.41. The van der Waals surface area contributed by atoms with Gasteiger partial charge in [0, 0.05) is 31.7 Å². The van der Waals surface area contributed by atoms with E-state index in [1.54, 1.807) is 55.5 Å². The molecule has 1 aliphatic heterocycles. The van der Waals surface area contributed by atoms with Gasteiger partial charge in [-0.3, -0.25) is 15.0 Å². The smallest absolute Gasteiger partial charge is 0.267 e. The van der Waals surface area contributed by atoms with Gasteiger partial charge in [0.1, 0.15) is 6.11 Å². The molecule has 166 valence electrons. The van der Waals surface area contributed by atoms with Gasteiger partial charge in [-0.1, -0.05) is 36.6 Å². The Balaban J connectivity index is 1.72. The molecule has 1 saturated heterocycles. The van der Waals surface area contributed by atoms with Crippen LogP contribution in [0.25, 0.3) is 6.08 Å². The van der Waals surface area contributed by atoms with Gasteiger partial charge in [0.05, 0.1) is 18.4 Å². The van der Waals surface area contributed by atoms with E-state index in [1.165, 1.54) is 19.6 Å². The molecule has 0 spiro atoms. The Morgan fingerprint density at radius 1 is 1.06 bits per heavy atom. The van der Waals surface area contributed by atoms with Crippen molar-refractivity contribution in [3.05, 3.63) is 59.7 Å². The van der Waals surface area contributed by atoms with Crippen molar-refractivity contribution in [2.24, 2.45) is 0 Å². The van der Waals surface area contributed by atoms with Crippen molar-refractivity contribution in [1.82, 2.24) is 10.4 Å². The average Bonchev–Trinajstić information content (AvgIpc) is 2.82. The largest absolute Gasteiger partial charge is 0.493 e. The summed E-state index contributed by atoms with van der Waals surface area (Å²) in [6.07, 6.45) is 8.83. The first-order valence-electron chi connectivity index (χ1n) is 10.5. The molecule has 7 heteroatoms. The van der Waals surface area contributed by atoms with Gasteiger partial charge in [-0.05, 0) is 37.1 Å². The zero-order chi connectivity index (χ0) is 22.8. The van der Waals surface area contributed by atoms with Crippen LogP contribution >= 0.6 is 0 Å². The van der Waals surface area contributed by atoms with Gasteiger partial charge >= 0.3 is 0 Å². The molecule has 0 aromatic heterocycles. The van der Waals surface area contributed by atoms with Crippen molar-refractivity contribution in [3.8, 4) is 23.5 Å². The highest BCUT2D eigenvalue weighted by atomic mass is 16.5. The molecule has 32 heavy (non-hydrogen) atoms. The Kier molecular flexibility index (Phi) is 8.29. The third-order valence-electron chi connectivity index (χ3n) is 4.94. The van der Waals surface area contributed by atoms with Crippen LogP contribution in [0.2, 0.25) is 0 Å². The van der Waals surface area contributed by atoms with Crippen LogP contribution in [0.3, 0.4) is 0 Å². The van der Waals surface area contributed by atoms with Crippen LogP contribution in [0.4, 0.5) is 5.69 Å². The number of amides is 2. The van der Waals surface area contributed by atoms with Crippen LogP contribution in [0.5, 0.6) is 11.5 Å². The number of hydrazine groups is 1. The first-order valence-corrected chi connectivity index (χ1v) is 10.5. The quantitative estimate of drug-likeness (QED) is 0.512. The lowest BCUT2D eigenvalue weighted by Gasteiger charge is -2.27. The number of piperidine rings is 1. The molecule has 0 aliphatic carbocycles. The number of carbonyl (C=O) groups is 2. The average molecular weight is 434 g/mol. The standard InChI is InChI=1S/C25H27N3O4/c1-3-18-32-24-19(10-9-13-22(24)31-2)14-15-23(29)26-21-12-6-5-11-20(21)25(30)27-28-16-7-4-8-17-28/h5-6,9-15H,4,7-8,16-17H2,1-2H3,(H,26,29)(H,27,30)/b15-14+. The van der Waals surface area contributed by atoms with Crippen molar-refractivity contribution in [3.63, 3.8) is 0 Å². The van der Waals surface area contributed by atoms with Crippen LogP contribution in [0.1, 0.15) is 42.1 Å². The fourth-order valence-corrected chi connectivity index (χ4v) is 3.38. The Labute approximate surface area is 188 Å². The van der Waals surface area contributed by atoms with Crippen molar-refractivity contribution >= 4 is 23.6 Å². The maximum atomic E-state index is 12.7. The predicted octanol–water partition coefficient (Wildman–Crippen LogP) is 3.84. The monoisotopic (exact) mass is 433 g/mol. The van der Waals surface area contributed by atoms with Gasteiger partial charge in [-0.25, -0.2) is 5.01 Å². The molecule has 1 aliphatic rings. The van der Waals surface area contributed by atoms with E-state index < -0.39 is 0 Å². The Hall–Kier alpha value is -3.76. The van der Waals surface area contributed by atoms with E-state index in [0.29, 0.717) is 28.3 Å². The molecule has 7 nitrogen and oxygen atoms in total. The number of benzene rings is 2. The van der Waals surface area contributed by atoms with Gasteiger partial charge in [0.25, 0.3) is 5.91 Å². The Morgan fingerprint density at radius 3 is 2.59 bits per heavy atom. The van der Waals surface area contributed by atoms with E-state index in [4.69, 9.17) is 9.47 Å². The highest BCUT2D eigenvalue weighted by Crippen LogP contribution is 2.31. The van der Waals surface area contributed by atoms with Gasteiger partial charge in [-0.15, -0.1) is 0 Å². The van der Waals surface area contributed by atoms with Gasteiger partial charge in [0.15, 0.2) is 11.5 Å². The summed E-state index contributed by atoms with van der Waals surface area (Å²) < 4.78 is 10.8. The molecule has 2 aromatic rings. The van der Waals surface area contributed by atoms with E-state index >= 15 is 0 Å². The fourth-order valence-electron chi connectivity index (χ4n) is 3.38. The van der Waals surface area contributed by atoms with Gasteiger partial charge in [-0.2, -0.15) is 0 Å². The number of anilines is 1. The third kappa shape index (κ3) is 6.13. The predicted molar refractivity (Wildman–Crippen MR) is 124 cm³/mol. The summed E-state index contributed by atoms with van der Waals surface area (Å²) in [6.45, 7) is 3.32. The molecule has 2 amide bonds. The molecular formula is C25H27N3O4. The lowest BCUT2D eigenvalue weighted by Crippen LogP contribution is -2.45. The lowest BCUT2D eigenvalue weighted by molar-refractivity contribution is -0.111. The second kappa shape index (κ2) is 11.6. The molecule has 0 saturated carbocycles. The number of hydrogen-bond donors (Lipinski definition) is 2. The SMILES string of the molecule is CC#COc1c(/C=C/C(=O)Nc2ccccc2C(=O)NN2CCCCC2)cccc1OC. The van der Waals surface area contributed by atoms with Crippen molar-refractivity contribution in [1.29, 1.82) is 0 Å². The van der Waals surface area contributed by atoms with E-state index in [0.717, 1.165) is 25.9 Å². The highest BCUT2D eigenvalue weighted by molar-refractivity contribution is 6.07. The van der Waals surface area contributed by atoms with Crippen molar-refractivity contribution < 1.29 is 19.1 Å². The molecule has 3 rings (SSSR count). The number of carbonyl (C=O) groups excluding carboxylic acids is 2. The topological polar surface area (TPSA) is 79.9 Å². The Morgan fingerprint density at radius 2 is 1.84 bits per heavy atom. The maximum Gasteiger partial charge on any atom is 0.267 e. The number of nitrogens with zero attached hydrogens (tertiary/aromatic N) is 1. The fraction of sp³-hybridized carbons (Fsp3) is 0.280. The molecular weight excluding hydrogens is 406 g/mol. The summed E-state index contributed by atoms with van der Waals surface area (Å²) >= 11 is 0. The highest BCUT2D eigenvalue weighted by Gasteiger charge is 2.17. The van der Waals surface area contributed by atoms with Crippen LogP contribution < -0.4 is 20.2 Å². The minimum atomic E-state index is -0.376. The van der Waals surface area contributed by atoms with E-state index in [2.05, 4.69) is 22.8 Å². The molecule has 0 radical (unpaired) electrons. The zero-order valence-electron chi connectivity index (χ0n) is 18.3. The molecule has 1 fully saturated rings. The van der Waals surface area contributed by atoms with Crippen LogP contribution in [0, 0.1) is 12.0 Å². The van der Waals surface area contributed by atoms with Crippen LogP contribution in [-0.2, 0) is 4.79 Å². The molecule has 2 N–H and O–H groups in total. The minimum absolute atomic E-state index is 0.242. The molecule has 0 bridgehead atoms. The number of methoxy groups -OCH3 is 1. The number of para-hydroxylation sites is 2. The van der Waals surface area contributed by atoms with Gasteiger partial charge < -0.3 is 14.8 Å². The minimum Gasteiger partial charge on any atom is -0.493 e. The zero-order valence-corrected chi connectivity index (χ0v) is 18.3. The summed E-state index contributed by atoms with van der Waals surface area (Å²) in [7, 11) is 1.54. The maximum absolute atomic E-state index is 12.7. The normalized spacial score (nSPS) is 13.7. The Bertz CT molecular complexity index is 1050. The van der Waals surface area contributed by atoms with E-state index in [1.807, 2.05) is 5.01 Å². The van der Waals surface area contributed by atoms with Crippen molar-refractivity contribution in [2.45, 2.75) is 26.2 Å². The second-order valence-electron chi connectivity index (χ2n) is 7.19. The number of nitrogens with one attached hydrogen (secondary N) is 2. The summed E-state index contributed by atoms with van der Waals surface area (Å²) in [5, 5.41) is 4.71. The molecule has 0 unspecified atom stereocenters. The first-order chi connectivity index (χ1) is 15.6. The van der Waals surface area contributed by atoms with Gasteiger partial charge in [0.2, 0.25) is 5.91 Å². The first kappa shape index (κ1) is 22.9. The second-order valence-corrected chi connectivity index (χ2v) is 7.19. The lowest BCUT2D eigenvalue weighted by atomic mass is 10.1. The van der Waals surface area contributed by atoms with E-state index in [9.17, 15) is 9.59 Å². The third-order valence-corrected chi connectivity index (χ3v) is 4.94. The summed E-state index contributed by atoms with van der Waals surface area (Å²) in [6, 6.07) is 12.3. The summed E-state index contributed by atoms with van der Waals surface area (Å²) in [4.78, 5) is 25.3. The molecule has 1 heterocycles. The number of hydrogen-bond acceptors (Lipinski definition) is 5.